The average Bonchev–Trinajstić information content (AvgIpc) is 2.28. The Morgan fingerprint density at radius 3 is 2.76 bits per heavy atom. The highest BCUT2D eigenvalue weighted by Crippen LogP contribution is 2.41. The minimum Gasteiger partial charge on any atom is -0.326 e. The Bertz CT molecular complexity index is 479. The summed E-state index contributed by atoms with van der Waals surface area (Å²) in [6.45, 7) is 5.65. The fourth-order valence-corrected chi connectivity index (χ4v) is 2.76. The molecule has 1 saturated heterocycles. The van der Waals surface area contributed by atoms with Gasteiger partial charge in [-0.05, 0) is 29.0 Å². The summed E-state index contributed by atoms with van der Waals surface area (Å²) in [5.74, 6) is 0.132. The summed E-state index contributed by atoms with van der Waals surface area (Å²) < 4.78 is 0. The van der Waals surface area contributed by atoms with Gasteiger partial charge in [0.25, 0.3) is 0 Å². The summed E-state index contributed by atoms with van der Waals surface area (Å²) in [4.78, 5) is 11.3. The number of benzene rings is 1. The number of rotatable bonds is 1. The van der Waals surface area contributed by atoms with Crippen LogP contribution in [-0.2, 0) is 11.2 Å². The smallest absolute Gasteiger partial charge is 0.224 e. The molecule has 17 heavy (non-hydrogen) atoms. The summed E-state index contributed by atoms with van der Waals surface area (Å²) in [5.41, 5.74) is 3.94. The van der Waals surface area contributed by atoms with E-state index in [4.69, 9.17) is 0 Å². The SMILES string of the molecule is CC1(C)CNC1c1ccc2c(c1)CCC(=O)N2. The van der Waals surface area contributed by atoms with Gasteiger partial charge in [0.1, 0.15) is 0 Å². The van der Waals surface area contributed by atoms with Gasteiger partial charge in [0.2, 0.25) is 5.91 Å². The lowest BCUT2D eigenvalue weighted by Gasteiger charge is -2.46. The molecule has 1 fully saturated rings. The minimum absolute atomic E-state index is 0.132. The van der Waals surface area contributed by atoms with E-state index in [9.17, 15) is 4.79 Å². The first-order chi connectivity index (χ1) is 8.06. The van der Waals surface area contributed by atoms with Gasteiger partial charge in [-0.2, -0.15) is 0 Å². The zero-order chi connectivity index (χ0) is 12.0. The van der Waals surface area contributed by atoms with E-state index >= 15 is 0 Å². The van der Waals surface area contributed by atoms with Gasteiger partial charge in [-0.3, -0.25) is 4.79 Å². The third-order valence-corrected chi connectivity index (χ3v) is 3.90. The number of hydrogen-bond donors (Lipinski definition) is 2. The van der Waals surface area contributed by atoms with Crippen LogP contribution >= 0.6 is 0 Å². The highest BCUT2D eigenvalue weighted by Gasteiger charge is 2.39. The van der Waals surface area contributed by atoms with Crippen molar-refractivity contribution in [1.82, 2.24) is 5.32 Å². The Balaban J connectivity index is 1.91. The maximum atomic E-state index is 11.3. The van der Waals surface area contributed by atoms with Crippen molar-refractivity contribution in [2.45, 2.75) is 32.7 Å². The monoisotopic (exact) mass is 230 g/mol. The van der Waals surface area contributed by atoms with Crippen LogP contribution in [0.4, 0.5) is 5.69 Å². The molecule has 1 aromatic rings. The van der Waals surface area contributed by atoms with Crippen LogP contribution in [0.1, 0.15) is 37.4 Å². The van der Waals surface area contributed by atoms with E-state index in [1.165, 1.54) is 11.1 Å². The largest absolute Gasteiger partial charge is 0.326 e. The summed E-state index contributed by atoms with van der Waals surface area (Å²) in [6, 6.07) is 6.86. The molecule has 1 unspecified atom stereocenters. The molecule has 2 aliphatic heterocycles. The van der Waals surface area contributed by atoms with Crippen LogP contribution in [0.25, 0.3) is 0 Å². The first-order valence-electron chi connectivity index (χ1n) is 6.22. The number of carbonyl (C=O) groups excluding carboxylic acids is 1. The highest BCUT2D eigenvalue weighted by atomic mass is 16.1. The Morgan fingerprint density at radius 2 is 2.12 bits per heavy atom. The third kappa shape index (κ3) is 1.75. The second-order valence-electron chi connectivity index (χ2n) is 5.77. The number of amides is 1. The Labute approximate surface area is 102 Å². The van der Waals surface area contributed by atoms with Crippen molar-refractivity contribution in [3.63, 3.8) is 0 Å². The minimum atomic E-state index is 0.132. The quantitative estimate of drug-likeness (QED) is 0.777. The van der Waals surface area contributed by atoms with Crippen LogP contribution in [0, 0.1) is 5.41 Å². The number of aryl methyl sites for hydroxylation is 1. The Hall–Kier alpha value is -1.35. The number of anilines is 1. The Morgan fingerprint density at radius 1 is 1.29 bits per heavy atom. The molecule has 2 heterocycles. The van der Waals surface area contributed by atoms with Crippen LogP contribution < -0.4 is 10.6 Å². The highest BCUT2D eigenvalue weighted by molar-refractivity contribution is 5.93. The van der Waals surface area contributed by atoms with E-state index in [1.807, 2.05) is 6.07 Å². The zero-order valence-corrected chi connectivity index (χ0v) is 10.3. The van der Waals surface area contributed by atoms with Crippen molar-refractivity contribution < 1.29 is 4.79 Å². The van der Waals surface area contributed by atoms with Gasteiger partial charge in [0.15, 0.2) is 0 Å². The molecule has 0 bridgehead atoms. The van der Waals surface area contributed by atoms with Gasteiger partial charge in [0.05, 0.1) is 0 Å². The second-order valence-corrected chi connectivity index (χ2v) is 5.77. The van der Waals surface area contributed by atoms with Crippen LogP contribution in [0.3, 0.4) is 0 Å². The molecule has 0 saturated carbocycles. The first kappa shape index (κ1) is 10.8. The summed E-state index contributed by atoms with van der Waals surface area (Å²) >= 11 is 0. The zero-order valence-electron chi connectivity index (χ0n) is 10.3. The predicted octanol–water partition coefficient (Wildman–Crippen LogP) is 2.24. The van der Waals surface area contributed by atoms with Crippen molar-refractivity contribution in [3.05, 3.63) is 29.3 Å². The van der Waals surface area contributed by atoms with Gasteiger partial charge in [0, 0.05) is 24.7 Å². The molecule has 2 aliphatic rings. The van der Waals surface area contributed by atoms with Crippen molar-refractivity contribution >= 4 is 11.6 Å². The first-order valence-corrected chi connectivity index (χ1v) is 6.22. The standard InChI is InChI=1S/C14H18N2O/c1-14(2)8-15-13(14)10-3-5-11-9(7-10)4-6-12(17)16-11/h3,5,7,13,15H,4,6,8H2,1-2H3,(H,16,17). The van der Waals surface area contributed by atoms with Gasteiger partial charge in [-0.25, -0.2) is 0 Å². The number of fused-ring (bicyclic) bond motifs is 1. The van der Waals surface area contributed by atoms with Crippen LogP contribution in [-0.4, -0.2) is 12.5 Å². The van der Waals surface area contributed by atoms with Crippen LogP contribution in [0.15, 0.2) is 18.2 Å². The number of carbonyl (C=O) groups is 1. The van der Waals surface area contributed by atoms with E-state index in [2.05, 4.69) is 36.6 Å². The van der Waals surface area contributed by atoms with Gasteiger partial charge < -0.3 is 10.6 Å². The fourth-order valence-electron chi connectivity index (χ4n) is 2.76. The lowest BCUT2D eigenvalue weighted by atomic mass is 9.73. The van der Waals surface area contributed by atoms with Gasteiger partial charge in [-0.1, -0.05) is 26.0 Å². The van der Waals surface area contributed by atoms with Gasteiger partial charge in [-0.15, -0.1) is 0 Å². The average molecular weight is 230 g/mol. The van der Waals surface area contributed by atoms with E-state index < -0.39 is 0 Å². The molecule has 3 heteroatoms. The molecule has 90 valence electrons. The molecular weight excluding hydrogens is 212 g/mol. The number of nitrogens with one attached hydrogen (secondary N) is 2. The summed E-state index contributed by atoms with van der Waals surface area (Å²) in [7, 11) is 0. The molecule has 1 amide bonds. The predicted molar refractivity (Wildman–Crippen MR) is 67.9 cm³/mol. The number of hydrogen-bond acceptors (Lipinski definition) is 2. The lowest BCUT2D eigenvalue weighted by Crippen LogP contribution is -2.52. The maximum absolute atomic E-state index is 11.3. The second kappa shape index (κ2) is 3.57. The molecular formula is C14H18N2O. The summed E-state index contributed by atoms with van der Waals surface area (Å²) in [5, 5.41) is 6.40. The molecule has 3 rings (SSSR count). The summed E-state index contributed by atoms with van der Waals surface area (Å²) in [6.07, 6.45) is 1.47. The third-order valence-electron chi connectivity index (χ3n) is 3.90. The fraction of sp³-hybridized carbons (Fsp3) is 0.500. The maximum Gasteiger partial charge on any atom is 0.224 e. The van der Waals surface area contributed by atoms with Crippen molar-refractivity contribution in [1.29, 1.82) is 0 Å². The van der Waals surface area contributed by atoms with Crippen LogP contribution in [0.2, 0.25) is 0 Å². The molecule has 0 aromatic heterocycles. The van der Waals surface area contributed by atoms with E-state index in [-0.39, 0.29) is 5.91 Å². The normalized spacial score (nSPS) is 25.8. The lowest BCUT2D eigenvalue weighted by molar-refractivity contribution is -0.116. The van der Waals surface area contributed by atoms with Crippen molar-refractivity contribution in [2.24, 2.45) is 5.41 Å². The molecule has 0 aliphatic carbocycles. The molecule has 1 atom stereocenters. The van der Waals surface area contributed by atoms with Crippen LogP contribution in [0.5, 0.6) is 0 Å². The molecule has 0 spiro atoms. The molecule has 1 aromatic carbocycles. The molecule has 0 radical (unpaired) electrons. The Kier molecular flexibility index (Phi) is 2.26. The molecule has 3 nitrogen and oxygen atoms in total. The van der Waals surface area contributed by atoms with E-state index in [0.29, 0.717) is 17.9 Å². The van der Waals surface area contributed by atoms with Gasteiger partial charge >= 0.3 is 0 Å². The van der Waals surface area contributed by atoms with Crippen molar-refractivity contribution in [2.75, 3.05) is 11.9 Å². The van der Waals surface area contributed by atoms with Crippen molar-refractivity contribution in [3.8, 4) is 0 Å². The molecule has 2 N–H and O–H groups in total. The topological polar surface area (TPSA) is 41.1 Å². The van der Waals surface area contributed by atoms with E-state index in [0.717, 1.165) is 18.7 Å². The van der Waals surface area contributed by atoms with E-state index in [1.54, 1.807) is 0 Å².